The van der Waals surface area contributed by atoms with Gasteiger partial charge >= 0.3 is 0 Å². The van der Waals surface area contributed by atoms with E-state index < -0.39 is 0 Å². The van der Waals surface area contributed by atoms with E-state index in [4.69, 9.17) is 4.42 Å². The Balaban J connectivity index is 1.90. The number of furan rings is 1. The minimum atomic E-state index is 0.247. The summed E-state index contributed by atoms with van der Waals surface area (Å²) in [5.41, 5.74) is 2.59. The monoisotopic (exact) mass is 215 g/mol. The van der Waals surface area contributed by atoms with Crippen molar-refractivity contribution in [1.82, 2.24) is 5.32 Å². The van der Waals surface area contributed by atoms with Crippen LogP contribution in [0.1, 0.15) is 29.9 Å². The van der Waals surface area contributed by atoms with Crippen molar-refractivity contribution in [2.45, 2.75) is 26.4 Å². The van der Waals surface area contributed by atoms with Gasteiger partial charge in [-0.05, 0) is 31.5 Å². The quantitative estimate of drug-likeness (QED) is 0.845. The molecule has 2 rings (SSSR count). The number of benzene rings is 1. The van der Waals surface area contributed by atoms with Crippen LogP contribution in [-0.4, -0.2) is 0 Å². The summed E-state index contributed by atoms with van der Waals surface area (Å²) >= 11 is 0. The highest BCUT2D eigenvalue weighted by Crippen LogP contribution is 2.13. The van der Waals surface area contributed by atoms with Crippen molar-refractivity contribution in [2.24, 2.45) is 0 Å². The van der Waals surface area contributed by atoms with Gasteiger partial charge in [-0.1, -0.05) is 29.8 Å². The standard InChI is InChI=1S/C14H17NO/c1-11-5-7-13(8-6-11)10-15-12(2)14-4-3-9-16-14/h3-9,12,15H,10H2,1-2H3/t12-/m1/s1. The van der Waals surface area contributed by atoms with Gasteiger partial charge in [0.25, 0.3) is 0 Å². The Morgan fingerprint density at radius 3 is 2.56 bits per heavy atom. The van der Waals surface area contributed by atoms with Crippen LogP contribution in [0.3, 0.4) is 0 Å². The van der Waals surface area contributed by atoms with Gasteiger partial charge in [0.15, 0.2) is 0 Å². The first-order valence-corrected chi connectivity index (χ1v) is 5.58. The molecule has 16 heavy (non-hydrogen) atoms. The van der Waals surface area contributed by atoms with Gasteiger partial charge < -0.3 is 9.73 Å². The molecule has 0 aliphatic carbocycles. The predicted octanol–water partition coefficient (Wildman–Crippen LogP) is 3.44. The highest BCUT2D eigenvalue weighted by atomic mass is 16.3. The van der Waals surface area contributed by atoms with Crippen molar-refractivity contribution in [2.75, 3.05) is 0 Å². The van der Waals surface area contributed by atoms with Crippen molar-refractivity contribution in [3.63, 3.8) is 0 Å². The van der Waals surface area contributed by atoms with Crippen LogP contribution >= 0.6 is 0 Å². The molecule has 1 heterocycles. The maximum atomic E-state index is 5.34. The Bertz CT molecular complexity index is 417. The lowest BCUT2D eigenvalue weighted by Crippen LogP contribution is -2.17. The molecule has 1 N–H and O–H groups in total. The third kappa shape index (κ3) is 2.74. The zero-order valence-corrected chi connectivity index (χ0v) is 9.73. The zero-order chi connectivity index (χ0) is 11.4. The number of hydrogen-bond donors (Lipinski definition) is 1. The number of nitrogens with one attached hydrogen (secondary N) is 1. The summed E-state index contributed by atoms with van der Waals surface area (Å²) in [5, 5.41) is 3.43. The van der Waals surface area contributed by atoms with Gasteiger partial charge in [0.1, 0.15) is 5.76 Å². The fourth-order valence-electron chi connectivity index (χ4n) is 1.62. The fraction of sp³-hybridized carbons (Fsp3) is 0.286. The summed E-state index contributed by atoms with van der Waals surface area (Å²) in [7, 11) is 0. The van der Waals surface area contributed by atoms with Crippen LogP contribution in [0.5, 0.6) is 0 Å². The predicted molar refractivity (Wildman–Crippen MR) is 65.1 cm³/mol. The molecule has 0 bridgehead atoms. The molecule has 0 unspecified atom stereocenters. The average Bonchev–Trinajstić information content (AvgIpc) is 2.81. The highest BCUT2D eigenvalue weighted by molar-refractivity contribution is 5.21. The van der Waals surface area contributed by atoms with E-state index in [1.54, 1.807) is 6.26 Å². The van der Waals surface area contributed by atoms with Crippen molar-refractivity contribution in [3.05, 3.63) is 59.5 Å². The molecule has 1 atom stereocenters. The average molecular weight is 215 g/mol. The molecule has 0 aliphatic heterocycles. The van der Waals surface area contributed by atoms with Crippen LogP contribution in [0.2, 0.25) is 0 Å². The molecular weight excluding hydrogens is 198 g/mol. The van der Waals surface area contributed by atoms with Gasteiger partial charge in [-0.25, -0.2) is 0 Å². The van der Waals surface area contributed by atoms with Crippen LogP contribution in [0.25, 0.3) is 0 Å². The summed E-state index contributed by atoms with van der Waals surface area (Å²) in [4.78, 5) is 0. The van der Waals surface area contributed by atoms with Crippen molar-refractivity contribution in [1.29, 1.82) is 0 Å². The van der Waals surface area contributed by atoms with Crippen LogP contribution in [0.15, 0.2) is 47.1 Å². The summed E-state index contributed by atoms with van der Waals surface area (Å²) in [6.07, 6.45) is 1.71. The summed E-state index contributed by atoms with van der Waals surface area (Å²) in [6.45, 7) is 5.07. The molecule has 84 valence electrons. The first-order valence-electron chi connectivity index (χ1n) is 5.58. The van der Waals surface area contributed by atoms with Crippen LogP contribution < -0.4 is 5.32 Å². The van der Waals surface area contributed by atoms with E-state index in [1.807, 2.05) is 12.1 Å². The molecule has 0 radical (unpaired) electrons. The second-order valence-corrected chi connectivity index (χ2v) is 4.10. The molecule has 0 amide bonds. The minimum Gasteiger partial charge on any atom is -0.468 e. The topological polar surface area (TPSA) is 25.2 Å². The number of rotatable bonds is 4. The van der Waals surface area contributed by atoms with E-state index in [2.05, 4.69) is 43.4 Å². The van der Waals surface area contributed by atoms with E-state index in [-0.39, 0.29) is 6.04 Å². The van der Waals surface area contributed by atoms with Crippen LogP contribution in [-0.2, 0) is 6.54 Å². The smallest absolute Gasteiger partial charge is 0.120 e. The normalized spacial score (nSPS) is 12.6. The lowest BCUT2D eigenvalue weighted by Gasteiger charge is -2.11. The van der Waals surface area contributed by atoms with E-state index >= 15 is 0 Å². The Morgan fingerprint density at radius 1 is 1.19 bits per heavy atom. The molecule has 2 aromatic rings. The molecule has 0 saturated heterocycles. The molecule has 1 aromatic carbocycles. The molecular formula is C14H17NO. The lowest BCUT2D eigenvalue weighted by molar-refractivity contribution is 0.430. The Kier molecular flexibility index (Phi) is 3.42. The van der Waals surface area contributed by atoms with Crippen molar-refractivity contribution < 1.29 is 4.42 Å². The fourth-order valence-corrected chi connectivity index (χ4v) is 1.62. The summed E-state index contributed by atoms with van der Waals surface area (Å²) < 4.78 is 5.34. The molecule has 0 fully saturated rings. The van der Waals surface area contributed by atoms with E-state index in [9.17, 15) is 0 Å². The van der Waals surface area contributed by atoms with Crippen LogP contribution in [0.4, 0.5) is 0 Å². The summed E-state index contributed by atoms with van der Waals surface area (Å²) in [6, 6.07) is 12.7. The third-order valence-electron chi connectivity index (χ3n) is 2.70. The van der Waals surface area contributed by atoms with Crippen molar-refractivity contribution >= 4 is 0 Å². The van der Waals surface area contributed by atoms with Gasteiger partial charge in [0.2, 0.25) is 0 Å². The van der Waals surface area contributed by atoms with Crippen molar-refractivity contribution in [3.8, 4) is 0 Å². The van der Waals surface area contributed by atoms with Gasteiger partial charge in [0, 0.05) is 6.54 Å². The lowest BCUT2D eigenvalue weighted by atomic mass is 10.1. The van der Waals surface area contributed by atoms with Gasteiger partial charge in [-0.2, -0.15) is 0 Å². The first-order chi connectivity index (χ1) is 7.75. The maximum Gasteiger partial charge on any atom is 0.120 e. The first kappa shape index (κ1) is 11.0. The molecule has 0 spiro atoms. The third-order valence-corrected chi connectivity index (χ3v) is 2.70. The van der Waals surface area contributed by atoms with Gasteiger partial charge in [-0.15, -0.1) is 0 Å². The Labute approximate surface area is 96.3 Å². The van der Waals surface area contributed by atoms with E-state index in [1.165, 1.54) is 11.1 Å². The second kappa shape index (κ2) is 4.99. The number of aryl methyl sites for hydroxylation is 1. The number of hydrogen-bond acceptors (Lipinski definition) is 2. The Hall–Kier alpha value is -1.54. The Morgan fingerprint density at radius 2 is 1.94 bits per heavy atom. The maximum absolute atomic E-state index is 5.34. The molecule has 2 nitrogen and oxygen atoms in total. The zero-order valence-electron chi connectivity index (χ0n) is 9.73. The minimum absolute atomic E-state index is 0.247. The largest absolute Gasteiger partial charge is 0.468 e. The molecule has 0 saturated carbocycles. The molecule has 2 heteroatoms. The highest BCUT2D eigenvalue weighted by Gasteiger charge is 2.06. The van der Waals surface area contributed by atoms with E-state index in [0.717, 1.165) is 12.3 Å². The van der Waals surface area contributed by atoms with E-state index in [0.29, 0.717) is 0 Å². The van der Waals surface area contributed by atoms with Crippen LogP contribution in [0, 0.1) is 6.92 Å². The van der Waals surface area contributed by atoms with Gasteiger partial charge in [0.05, 0.1) is 12.3 Å². The molecule has 0 aliphatic rings. The second-order valence-electron chi connectivity index (χ2n) is 4.10. The molecule has 1 aromatic heterocycles. The summed E-state index contributed by atoms with van der Waals surface area (Å²) in [5.74, 6) is 0.979. The SMILES string of the molecule is Cc1ccc(CN[C@H](C)c2ccco2)cc1. The van der Waals surface area contributed by atoms with Gasteiger partial charge in [-0.3, -0.25) is 0 Å².